The van der Waals surface area contributed by atoms with Gasteiger partial charge in [0, 0.05) is 24.4 Å². The molecule has 1 aliphatic heterocycles. The number of ether oxygens (including phenoxy) is 1. The van der Waals surface area contributed by atoms with Crippen LogP contribution in [0.3, 0.4) is 0 Å². The van der Waals surface area contributed by atoms with E-state index in [0.717, 1.165) is 21.9 Å². The zero-order valence-electron chi connectivity index (χ0n) is 17.1. The quantitative estimate of drug-likeness (QED) is 0.320. The van der Waals surface area contributed by atoms with Crippen LogP contribution in [0, 0.1) is 0 Å². The summed E-state index contributed by atoms with van der Waals surface area (Å²) in [6.45, 7) is 6.73. The third-order valence-electron chi connectivity index (χ3n) is 5.07. The number of aliphatic imine (C=N–C) groups is 1. The van der Waals surface area contributed by atoms with Crippen LogP contribution in [0.2, 0.25) is 0 Å². The molecular weight excluding hydrogens is 380 g/mol. The first-order valence-electron chi connectivity index (χ1n) is 9.95. The molecule has 0 aromatic heterocycles. The van der Waals surface area contributed by atoms with Crippen molar-refractivity contribution in [2.45, 2.75) is 31.9 Å². The molecule has 1 fully saturated rings. The Bertz CT molecular complexity index is 984. The van der Waals surface area contributed by atoms with Crippen molar-refractivity contribution in [2.75, 3.05) is 18.6 Å². The maximum atomic E-state index is 13.1. The number of fused-ring (bicyclic) bond motifs is 1. The number of anilines is 1. The van der Waals surface area contributed by atoms with Crippen molar-refractivity contribution in [2.24, 2.45) is 10.8 Å². The van der Waals surface area contributed by atoms with Crippen molar-refractivity contribution in [1.82, 2.24) is 5.32 Å². The molecule has 2 unspecified atom stereocenters. The second-order valence-corrected chi connectivity index (χ2v) is 7.25. The van der Waals surface area contributed by atoms with E-state index in [1.54, 1.807) is 12.4 Å². The van der Waals surface area contributed by atoms with Crippen LogP contribution in [0.5, 0.6) is 0 Å². The van der Waals surface area contributed by atoms with E-state index in [1.165, 1.54) is 0 Å². The second-order valence-electron chi connectivity index (χ2n) is 7.25. The summed E-state index contributed by atoms with van der Waals surface area (Å²) in [6, 6.07) is 9.10. The molecule has 1 saturated heterocycles. The van der Waals surface area contributed by atoms with Crippen LogP contribution < -0.4 is 16.6 Å². The third-order valence-corrected chi connectivity index (χ3v) is 5.07. The Kier molecular flexibility index (Phi) is 7.35. The summed E-state index contributed by atoms with van der Waals surface area (Å²) in [4.78, 5) is 17.3. The third kappa shape index (κ3) is 4.94. The lowest BCUT2D eigenvalue weighted by molar-refractivity contribution is -0.0139. The van der Waals surface area contributed by atoms with Crippen LogP contribution >= 0.6 is 0 Å². The molecule has 0 aliphatic carbocycles. The highest BCUT2D eigenvalue weighted by molar-refractivity contribution is 6.09. The number of hydrogen-bond acceptors (Lipinski definition) is 6. The van der Waals surface area contributed by atoms with Crippen molar-refractivity contribution >= 4 is 28.6 Å². The zero-order chi connectivity index (χ0) is 21.5. The average molecular weight is 409 g/mol. The Morgan fingerprint density at radius 2 is 2.17 bits per heavy atom. The molecule has 2 aromatic rings. The van der Waals surface area contributed by atoms with Crippen LogP contribution in [0.4, 0.5) is 5.69 Å². The van der Waals surface area contributed by atoms with Crippen molar-refractivity contribution in [3.8, 4) is 0 Å². The number of benzene rings is 2. The van der Waals surface area contributed by atoms with E-state index in [-0.39, 0.29) is 12.5 Å². The molecule has 1 amide bonds. The molecule has 30 heavy (non-hydrogen) atoms. The van der Waals surface area contributed by atoms with E-state index in [2.05, 4.69) is 22.3 Å². The fourth-order valence-electron chi connectivity index (χ4n) is 3.57. The molecule has 158 valence electrons. The predicted octanol–water partition coefficient (Wildman–Crippen LogP) is 2.71. The van der Waals surface area contributed by atoms with Gasteiger partial charge in [-0.2, -0.15) is 0 Å². The fourth-order valence-corrected chi connectivity index (χ4v) is 3.57. The number of hydrogen-bond donors (Lipinski definition) is 4. The maximum absolute atomic E-state index is 13.1. The summed E-state index contributed by atoms with van der Waals surface area (Å²) in [6.07, 6.45) is 5.62. The van der Waals surface area contributed by atoms with Crippen LogP contribution in [-0.4, -0.2) is 42.6 Å². The van der Waals surface area contributed by atoms with E-state index >= 15 is 0 Å². The monoisotopic (exact) mass is 408 g/mol. The number of aliphatic hydroxyl groups excluding tert-OH is 1. The molecule has 7 nitrogen and oxygen atoms in total. The highest BCUT2D eigenvalue weighted by atomic mass is 16.5. The van der Waals surface area contributed by atoms with E-state index in [1.807, 2.05) is 43.3 Å². The molecule has 0 radical (unpaired) electrons. The first kappa shape index (κ1) is 21.7. The second kappa shape index (κ2) is 10.2. The summed E-state index contributed by atoms with van der Waals surface area (Å²) in [5.74, 6) is 5.48. The largest absolute Gasteiger partial charge is 0.391 e. The van der Waals surface area contributed by atoms with Gasteiger partial charge in [-0.1, -0.05) is 36.9 Å². The van der Waals surface area contributed by atoms with Crippen molar-refractivity contribution in [3.05, 3.63) is 65.9 Å². The topological polar surface area (TPSA) is 109 Å². The minimum absolute atomic E-state index is 0.275. The van der Waals surface area contributed by atoms with Gasteiger partial charge in [0.2, 0.25) is 0 Å². The minimum atomic E-state index is -0.639. The number of rotatable bonds is 7. The van der Waals surface area contributed by atoms with Gasteiger partial charge >= 0.3 is 0 Å². The van der Waals surface area contributed by atoms with Crippen LogP contribution in [0.1, 0.15) is 29.3 Å². The van der Waals surface area contributed by atoms with Crippen LogP contribution in [0.25, 0.3) is 10.8 Å². The van der Waals surface area contributed by atoms with Gasteiger partial charge in [-0.3, -0.25) is 15.6 Å². The zero-order valence-corrected chi connectivity index (χ0v) is 17.1. The Morgan fingerprint density at radius 1 is 1.40 bits per heavy atom. The molecule has 2 aromatic carbocycles. The molecule has 7 heteroatoms. The SMILES string of the molecule is C=C(C=NC=CC)Cc1cc(C(=O)NC2COCCC2O)c(NN)c2ccccc12. The van der Waals surface area contributed by atoms with Crippen LogP contribution in [-0.2, 0) is 11.2 Å². The molecule has 0 spiro atoms. The fraction of sp³-hybridized carbons (Fsp3) is 0.304. The lowest BCUT2D eigenvalue weighted by atomic mass is 9.94. The van der Waals surface area contributed by atoms with Crippen LogP contribution in [0.15, 0.2) is 59.8 Å². The highest BCUT2D eigenvalue weighted by Gasteiger charge is 2.27. The molecular formula is C23H28N4O3. The highest BCUT2D eigenvalue weighted by Crippen LogP contribution is 2.31. The molecule has 1 aliphatic rings. The van der Waals surface area contributed by atoms with Gasteiger partial charge < -0.3 is 20.6 Å². The normalized spacial score (nSPS) is 19.4. The number of nitrogens with zero attached hydrogens (tertiary/aromatic N) is 1. The number of nitrogens with one attached hydrogen (secondary N) is 2. The maximum Gasteiger partial charge on any atom is 0.253 e. The number of hydrazine groups is 1. The summed E-state index contributed by atoms with van der Waals surface area (Å²) < 4.78 is 5.39. The van der Waals surface area contributed by atoms with Gasteiger partial charge in [-0.25, -0.2) is 0 Å². The summed E-state index contributed by atoms with van der Waals surface area (Å²) in [5.41, 5.74) is 5.37. The summed E-state index contributed by atoms with van der Waals surface area (Å²) in [7, 11) is 0. The van der Waals surface area contributed by atoms with Crippen molar-refractivity contribution in [3.63, 3.8) is 0 Å². The number of aliphatic hydroxyl groups is 1. The van der Waals surface area contributed by atoms with Crippen molar-refractivity contribution < 1.29 is 14.6 Å². The Balaban J connectivity index is 1.98. The lowest BCUT2D eigenvalue weighted by Gasteiger charge is -2.29. The van der Waals surface area contributed by atoms with Gasteiger partial charge in [0.25, 0.3) is 5.91 Å². The first-order valence-corrected chi connectivity index (χ1v) is 9.95. The minimum Gasteiger partial charge on any atom is -0.391 e. The van der Waals surface area contributed by atoms with Gasteiger partial charge in [-0.15, -0.1) is 0 Å². The van der Waals surface area contributed by atoms with Gasteiger partial charge in [0.15, 0.2) is 0 Å². The number of carbonyl (C=O) groups is 1. The number of amides is 1. The molecule has 0 bridgehead atoms. The molecule has 0 saturated carbocycles. The average Bonchev–Trinajstić information content (AvgIpc) is 2.75. The summed E-state index contributed by atoms with van der Waals surface area (Å²) >= 11 is 0. The number of carbonyl (C=O) groups excluding carboxylic acids is 1. The van der Waals surface area contributed by atoms with Gasteiger partial charge in [0.05, 0.1) is 30.0 Å². The standard InChI is InChI=1S/C23H28N4O3/c1-3-9-25-13-15(2)11-16-12-19(22(27-24)18-7-5-4-6-17(16)18)23(29)26-20-14-30-10-8-21(20)28/h3-7,9,12-13,20-21,27-28H,2,8,10-11,14,24H2,1H3,(H,26,29). The van der Waals surface area contributed by atoms with E-state index in [0.29, 0.717) is 30.7 Å². The van der Waals surface area contributed by atoms with E-state index < -0.39 is 12.1 Å². The van der Waals surface area contributed by atoms with Gasteiger partial charge in [0.1, 0.15) is 0 Å². The van der Waals surface area contributed by atoms with E-state index in [9.17, 15) is 9.90 Å². The Hall–Kier alpha value is -3.00. The van der Waals surface area contributed by atoms with Crippen molar-refractivity contribution in [1.29, 1.82) is 0 Å². The number of nitrogens with two attached hydrogens (primary N) is 1. The summed E-state index contributed by atoms with van der Waals surface area (Å²) in [5, 5.41) is 14.9. The molecule has 2 atom stereocenters. The predicted molar refractivity (Wildman–Crippen MR) is 121 cm³/mol. The lowest BCUT2D eigenvalue weighted by Crippen LogP contribution is -2.49. The Morgan fingerprint density at radius 3 is 2.87 bits per heavy atom. The Labute approximate surface area is 176 Å². The molecule has 3 rings (SSSR count). The smallest absolute Gasteiger partial charge is 0.253 e. The number of nitrogen functional groups attached to an aromatic ring is 1. The first-order chi connectivity index (χ1) is 14.5. The van der Waals surface area contributed by atoms with E-state index in [4.69, 9.17) is 10.6 Å². The molecule has 1 heterocycles. The van der Waals surface area contributed by atoms with Gasteiger partial charge in [-0.05, 0) is 42.4 Å². The molecule has 5 N–H and O–H groups in total. The number of allylic oxidation sites excluding steroid dienone is 2.